The van der Waals surface area contributed by atoms with Crippen LogP contribution in [0.3, 0.4) is 0 Å². The molecule has 7 nitrogen and oxygen atoms in total. The fourth-order valence-corrected chi connectivity index (χ4v) is 5.65. The maximum absolute atomic E-state index is 10.4. The van der Waals surface area contributed by atoms with E-state index in [9.17, 15) is 15.3 Å². The van der Waals surface area contributed by atoms with Crippen molar-refractivity contribution in [2.45, 2.75) is 24.5 Å². The van der Waals surface area contributed by atoms with Gasteiger partial charge in [0.25, 0.3) is 0 Å². The summed E-state index contributed by atoms with van der Waals surface area (Å²) in [5.41, 5.74) is 2.41. The van der Waals surface area contributed by atoms with E-state index < -0.39 is 24.5 Å². The van der Waals surface area contributed by atoms with E-state index in [-0.39, 0.29) is 6.61 Å². The van der Waals surface area contributed by atoms with Gasteiger partial charge < -0.3 is 24.6 Å². The maximum atomic E-state index is 10.4. The fraction of sp³-hybridized carbons (Fsp3) is 0.217. The van der Waals surface area contributed by atoms with Gasteiger partial charge in [0.1, 0.15) is 30.3 Å². The van der Waals surface area contributed by atoms with Gasteiger partial charge in [0.05, 0.1) is 12.3 Å². The SMILES string of the molecule is OCC1O[C@@H](n2ccc3c(-c4cccc5c4sc4ccccc45)ncnc32)[C@@H](O)[C@H]1O. The van der Waals surface area contributed by atoms with Crippen molar-refractivity contribution in [3.8, 4) is 11.3 Å². The molecule has 2 aromatic carbocycles. The summed E-state index contributed by atoms with van der Waals surface area (Å²) in [4.78, 5) is 9.02. The van der Waals surface area contributed by atoms with Crippen molar-refractivity contribution < 1.29 is 20.1 Å². The van der Waals surface area contributed by atoms with Crippen LogP contribution in [0.2, 0.25) is 0 Å². The van der Waals surface area contributed by atoms with Crippen molar-refractivity contribution in [3.63, 3.8) is 0 Å². The number of ether oxygens (including phenoxy) is 1. The molecule has 8 heteroatoms. The Morgan fingerprint density at radius 2 is 1.77 bits per heavy atom. The number of aromatic nitrogens is 3. The number of hydrogen-bond acceptors (Lipinski definition) is 7. The predicted octanol–water partition coefficient (Wildman–Crippen LogP) is 3.08. The Kier molecular flexibility index (Phi) is 4.31. The van der Waals surface area contributed by atoms with E-state index in [0.29, 0.717) is 5.65 Å². The number of aliphatic hydroxyl groups is 3. The summed E-state index contributed by atoms with van der Waals surface area (Å²) in [6.07, 6.45) is -0.743. The zero-order chi connectivity index (χ0) is 21.1. The molecule has 1 unspecified atom stereocenters. The van der Waals surface area contributed by atoms with E-state index in [4.69, 9.17) is 4.74 Å². The number of nitrogens with zero attached hydrogens (tertiary/aromatic N) is 3. The first-order valence-electron chi connectivity index (χ1n) is 10.0. The quantitative estimate of drug-likeness (QED) is 0.404. The highest BCUT2D eigenvalue weighted by molar-refractivity contribution is 7.26. The van der Waals surface area contributed by atoms with Crippen molar-refractivity contribution in [2.24, 2.45) is 0 Å². The molecular formula is C23H19N3O4S. The van der Waals surface area contributed by atoms with Crippen LogP contribution in [0.25, 0.3) is 42.5 Å². The van der Waals surface area contributed by atoms with Crippen molar-refractivity contribution >= 4 is 42.5 Å². The Labute approximate surface area is 180 Å². The molecular weight excluding hydrogens is 414 g/mol. The Morgan fingerprint density at radius 1 is 0.935 bits per heavy atom. The van der Waals surface area contributed by atoms with Crippen molar-refractivity contribution in [2.75, 3.05) is 6.61 Å². The van der Waals surface area contributed by atoms with E-state index in [0.717, 1.165) is 21.3 Å². The van der Waals surface area contributed by atoms with E-state index in [1.54, 1.807) is 22.1 Å². The smallest absolute Gasteiger partial charge is 0.164 e. The first-order chi connectivity index (χ1) is 15.2. The van der Waals surface area contributed by atoms with Crippen LogP contribution in [-0.2, 0) is 4.74 Å². The molecule has 5 aromatic rings. The molecule has 0 spiro atoms. The van der Waals surface area contributed by atoms with Gasteiger partial charge in [0.2, 0.25) is 0 Å². The molecule has 0 bridgehead atoms. The number of benzene rings is 2. The highest BCUT2D eigenvalue weighted by atomic mass is 32.1. The summed E-state index contributed by atoms with van der Waals surface area (Å²) < 4.78 is 9.77. The first kappa shape index (κ1) is 18.9. The first-order valence-corrected chi connectivity index (χ1v) is 10.8. The molecule has 6 rings (SSSR count). The summed E-state index contributed by atoms with van der Waals surface area (Å²) in [6.45, 7) is -0.373. The fourth-order valence-electron chi connectivity index (χ4n) is 4.43. The van der Waals surface area contributed by atoms with E-state index >= 15 is 0 Å². The second-order valence-corrected chi connectivity index (χ2v) is 8.74. The lowest BCUT2D eigenvalue weighted by molar-refractivity contribution is -0.0508. The third-order valence-corrected chi connectivity index (χ3v) is 7.18. The summed E-state index contributed by atoms with van der Waals surface area (Å²) in [6, 6.07) is 16.5. The predicted molar refractivity (Wildman–Crippen MR) is 119 cm³/mol. The van der Waals surface area contributed by atoms with Gasteiger partial charge in [0.15, 0.2) is 6.23 Å². The lowest BCUT2D eigenvalue weighted by Gasteiger charge is -2.17. The van der Waals surface area contributed by atoms with Crippen LogP contribution < -0.4 is 0 Å². The van der Waals surface area contributed by atoms with Gasteiger partial charge in [-0.05, 0) is 12.1 Å². The number of thiophene rings is 1. The Morgan fingerprint density at radius 3 is 2.61 bits per heavy atom. The molecule has 0 saturated carbocycles. The number of fused-ring (bicyclic) bond motifs is 4. The summed E-state index contributed by atoms with van der Waals surface area (Å²) in [7, 11) is 0. The van der Waals surface area contributed by atoms with Gasteiger partial charge in [-0.15, -0.1) is 11.3 Å². The standard InChI is InChI=1S/C23H19N3O4S/c27-10-16-19(28)20(29)23(30-16)26-9-8-15-18(24-11-25-22(15)26)14-6-3-5-13-12-4-1-2-7-17(12)31-21(13)14/h1-9,11,16,19-20,23,27-29H,10H2/t16?,19-,20-,23+/m0/s1. The van der Waals surface area contributed by atoms with Crippen molar-refractivity contribution in [1.29, 1.82) is 0 Å². The Bertz CT molecular complexity index is 1430. The summed E-state index contributed by atoms with van der Waals surface area (Å²) >= 11 is 1.74. The lowest BCUT2D eigenvalue weighted by Crippen LogP contribution is -2.33. The highest BCUT2D eigenvalue weighted by Crippen LogP contribution is 2.41. The van der Waals surface area contributed by atoms with Gasteiger partial charge in [-0.1, -0.05) is 36.4 Å². The molecule has 3 aromatic heterocycles. The molecule has 156 valence electrons. The molecule has 3 N–H and O–H groups in total. The van der Waals surface area contributed by atoms with Crippen LogP contribution in [0.5, 0.6) is 0 Å². The largest absolute Gasteiger partial charge is 0.394 e. The minimum atomic E-state index is -1.17. The van der Waals surface area contributed by atoms with Crippen molar-refractivity contribution in [3.05, 3.63) is 61.1 Å². The third kappa shape index (κ3) is 2.73. The van der Waals surface area contributed by atoms with Gasteiger partial charge in [-0.2, -0.15) is 0 Å². The van der Waals surface area contributed by atoms with Crippen molar-refractivity contribution in [1.82, 2.24) is 14.5 Å². The summed E-state index contributed by atoms with van der Waals surface area (Å²) in [5, 5.41) is 33.2. The van der Waals surface area contributed by atoms with Crippen LogP contribution in [0.1, 0.15) is 6.23 Å². The Hall–Kier alpha value is -2.88. The molecule has 1 aliphatic heterocycles. The molecule has 0 amide bonds. The van der Waals surface area contributed by atoms with Crippen LogP contribution >= 0.6 is 11.3 Å². The topological polar surface area (TPSA) is 101 Å². The van der Waals surface area contributed by atoms with Gasteiger partial charge >= 0.3 is 0 Å². The van der Waals surface area contributed by atoms with E-state index in [1.807, 2.05) is 24.3 Å². The Balaban J connectivity index is 1.53. The number of aliphatic hydroxyl groups excluding tert-OH is 3. The average molecular weight is 433 g/mol. The molecule has 4 heterocycles. The van der Waals surface area contributed by atoms with Crippen LogP contribution in [0, 0.1) is 0 Å². The van der Waals surface area contributed by atoms with Crippen LogP contribution in [0.15, 0.2) is 61.1 Å². The lowest BCUT2D eigenvalue weighted by atomic mass is 10.1. The minimum absolute atomic E-state index is 0.373. The third-order valence-electron chi connectivity index (χ3n) is 5.96. The molecule has 4 atom stereocenters. The second kappa shape index (κ2) is 7.08. The molecule has 1 fully saturated rings. The highest BCUT2D eigenvalue weighted by Gasteiger charge is 2.43. The zero-order valence-corrected chi connectivity index (χ0v) is 17.1. The van der Waals surface area contributed by atoms with E-state index in [2.05, 4.69) is 34.2 Å². The van der Waals surface area contributed by atoms with Gasteiger partial charge in [-0.25, -0.2) is 9.97 Å². The molecule has 0 aliphatic carbocycles. The summed E-state index contributed by atoms with van der Waals surface area (Å²) in [5.74, 6) is 0. The molecule has 1 saturated heterocycles. The zero-order valence-electron chi connectivity index (χ0n) is 16.3. The van der Waals surface area contributed by atoms with Gasteiger partial charge in [-0.3, -0.25) is 0 Å². The number of hydrogen-bond donors (Lipinski definition) is 3. The molecule has 31 heavy (non-hydrogen) atoms. The minimum Gasteiger partial charge on any atom is -0.394 e. The molecule has 1 aliphatic rings. The van der Waals surface area contributed by atoms with Crippen LogP contribution in [-0.4, -0.2) is 54.8 Å². The monoisotopic (exact) mass is 433 g/mol. The molecule has 0 radical (unpaired) electrons. The van der Waals surface area contributed by atoms with Gasteiger partial charge in [0, 0.05) is 37.3 Å². The maximum Gasteiger partial charge on any atom is 0.164 e. The van der Waals surface area contributed by atoms with E-state index in [1.165, 1.54) is 21.8 Å². The normalized spacial score (nSPS) is 24.0. The number of rotatable bonds is 3. The van der Waals surface area contributed by atoms with Crippen LogP contribution in [0.4, 0.5) is 0 Å². The average Bonchev–Trinajstić information content (AvgIpc) is 3.47. The second-order valence-electron chi connectivity index (χ2n) is 7.69.